The van der Waals surface area contributed by atoms with Gasteiger partial charge in [-0.05, 0) is 107 Å². The molecule has 0 radical (unpaired) electrons. The van der Waals surface area contributed by atoms with E-state index < -0.39 is 17.7 Å². The molecule has 7 aromatic rings. The van der Waals surface area contributed by atoms with Gasteiger partial charge in [-0.1, -0.05) is 135 Å². The van der Waals surface area contributed by atoms with E-state index in [0.29, 0.717) is 17.1 Å². The van der Waals surface area contributed by atoms with Crippen molar-refractivity contribution in [2.75, 3.05) is 16.0 Å². The van der Waals surface area contributed by atoms with Gasteiger partial charge < -0.3 is 16.0 Å². The molecule has 3 aromatic heterocycles. The Morgan fingerprint density at radius 3 is 0.788 bits per heavy atom. The molecule has 3 heterocycles. The Bertz CT molecular complexity index is 2620. The fraction of sp³-hybridized carbons (Fsp3) is 0.263. The third-order valence-corrected chi connectivity index (χ3v) is 11.8. The van der Waals surface area contributed by atoms with E-state index in [2.05, 4.69) is 151 Å². The van der Waals surface area contributed by atoms with Crippen molar-refractivity contribution in [3.05, 3.63) is 178 Å². The maximum absolute atomic E-state index is 14.0. The summed E-state index contributed by atoms with van der Waals surface area (Å²) < 4.78 is 0. The summed E-state index contributed by atoms with van der Waals surface area (Å²) in [5.74, 6) is -1.54. The average Bonchev–Trinajstić information content (AvgIpc) is 3.25. The number of carbonyl (C=O) groups excluding carboxylic acids is 3. The molecule has 66 heavy (non-hydrogen) atoms. The fourth-order valence-corrected chi connectivity index (χ4v) is 7.85. The molecular weight excluding hydrogens is 817 g/mol. The first-order valence-corrected chi connectivity index (χ1v) is 22.4. The number of hydrogen-bond acceptors (Lipinski definition) is 6. The SMILES string of the molecule is Cc1cc(NC(=O)c2cc(C(=O)Nc3cnc(-c4ccc(C(C)(C)C)cc4)c(C)c3)cc(C(=O)Nc3cnc(-c4ccc(C(C)(C)C)cc4)c(C)c3)c2)cnc1-c1ccc(C(C)(C)C)cc1. The van der Waals surface area contributed by atoms with E-state index in [4.69, 9.17) is 15.0 Å². The van der Waals surface area contributed by atoms with Gasteiger partial charge in [-0.15, -0.1) is 0 Å². The molecular formula is C57H60N6O3. The molecule has 0 fully saturated rings. The maximum Gasteiger partial charge on any atom is 0.255 e. The van der Waals surface area contributed by atoms with Gasteiger partial charge in [0.1, 0.15) is 0 Å². The van der Waals surface area contributed by atoms with Crippen LogP contribution in [0, 0.1) is 20.8 Å². The molecule has 3 N–H and O–H groups in total. The Labute approximate surface area is 389 Å². The average molecular weight is 877 g/mol. The molecule has 3 amide bonds. The van der Waals surface area contributed by atoms with Crippen LogP contribution in [-0.4, -0.2) is 32.7 Å². The van der Waals surface area contributed by atoms with E-state index in [-0.39, 0.29) is 32.9 Å². The fourth-order valence-electron chi connectivity index (χ4n) is 7.85. The van der Waals surface area contributed by atoms with Gasteiger partial charge in [0.2, 0.25) is 0 Å². The van der Waals surface area contributed by atoms with Crippen molar-refractivity contribution in [3.63, 3.8) is 0 Å². The molecule has 4 aromatic carbocycles. The van der Waals surface area contributed by atoms with Gasteiger partial charge in [0.05, 0.1) is 52.7 Å². The number of amides is 3. The van der Waals surface area contributed by atoms with Crippen molar-refractivity contribution in [3.8, 4) is 33.8 Å². The van der Waals surface area contributed by atoms with Crippen molar-refractivity contribution >= 4 is 34.8 Å². The Morgan fingerprint density at radius 2 is 0.591 bits per heavy atom. The number of hydrogen-bond donors (Lipinski definition) is 3. The molecule has 0 aliphatic heterocycles. The first kappa shape index (κ1) is 46.7. The van der Waals surface area contributed by atoms with Gasteiger partial charge in [-0.2, -0.15) is 0 Å². The maximum atomic E-state index is 14.0. The zero-order valence-electron chi connectivity index (χ0n) is 40.2. The van der Waals surface area contributed by atoms with Crippen molar-refractivity contribution in [1.29, 1.82) is 0 Å². The molecule has 0 unspecified atom stereocenters. The van der Waals surface area contributed by atoms with Crippen molar-refractivity contribution in [1.82, 2.24) is 15.0 Å². The van der Waals surface area contributed by atoms with Gasteiger partial charge in [0, 0.05) is 33.4 Å². The van der Waals surface area contributed by atoms with Crippen molar-refractivity contribution in [2.45, 2.75) is 99.3 Å². The molecule has 0 atom stereocenters. The zero-order chi connectivity index (χ0) is 47.7. The number of nitrogens with one attached hydrogen (secondary N) is 3. The van der Waals surface area contributed by atoms with E-state index in [1.807, 2.05) is 39.0 Å². The minimum Gasteiger partial charge on any atom is -0.321 e. The highest BCUT2D eigenvalue weighted by atomic mass is 16.2. The minimum atomic E-state index is -0.513. The molecule has 9 nitrogen and oxygen atoms in total. The quantitative estimate of drug-likeness (QED) is 0.133. The number of benzene rings is 4. The number of anilines is 3. The van der Waals surface area contributed by atoms with E-state index >= 15 is 0 Å². The Balaban J connectivity index is 1.15. The van der Waals surface area contributed by atoms with Gasteiger partial charge in [-0.25, -0.2) is 0 Å². The summed E-state index contributed by atoms with van der Waals surface area (Å²) in [5, 5.41) is 8.81. The molecule has 336 valence electrons. The summed E-state index contributed by atoms with van der Waals surface area (Å²) in [4.78, 5) is 56.3. The van der Waals surface area contributed by atoms with Crippen LogP contribution in [0.25, 0.3) is 33.8 Å². The van der Waals surface area contributed by atoms with Gasteiger partial charge in [0.25, 0.3) is 17.7 Å². The van der Waals surface area contributed by atoms with E-state index in [0.717, 1.165) is 50.5 Å². The molecule has 9 heteroatoms. The van der Waals surface area contributed by atoms with E-state index in [1.165, 1.54) is 34.9 Å². The molecule has 0 aliphatic carbocycles. The van der Waals surface area contributed by atoms with Crippen LogP contribution in [0.1, 0.15) is 127 Å². The third kappa shape index (κ3) is 10.8. The lowest BCUT2D eigenvalue weighted by molar-refractivity contribution is 0.102. The Hall–Kier alpha value is -7.26. The van der Waals surface area contributed by atoms with E-state index in [9.17, 15) is 14.4 Å². The predicted molar refractivity (Wildman–Crippen MR) is 270 cm³/mol. The lowest BCUT2D eigenvalue weighted by Gasteiger charge is -2.19. The van der Waals surface area contributed by atoms with Gasteiger partial charge >= 0.3 is 0 Å². The van der Waals surface area contributed by atoms with Crippen molar-refractivity contribution in [2.24, 2.45) is 0 Å². The lowest BCUT2D eigenvalue weighted by Crippen LogP contribution is -2.19. The number of pyridine rings is 3. The Morgan fingerprint density at radius 1 is 0.364 bits per heavy atom. The highest BCUT2D eigenvalue weighted by Gasteiger charge is 2.21. The van der Waals surface area contributed by atoms with Crippen LogP contribution in [0.2, 0.25) is 0 Å². The number of aromatic nitrogens is 3. The van der Waals surface area contributed by atoms with Crippen molar-refractivity contribution < 1.29 is 14.4 Å². The molecule has 0 saturated heterocycles. The molecule has 0 aliphatic rings. The van der Waals surface area contributed by atoms with Crippen LogP contribution in [-0.2, 0) is 16.2 Å². The number of nitrogens with zero attached hydrogens (tertiary/aromatic N) is 3. The smallest absolute Gasteiger partial charge is 0.255 e. The van der Waals surface area contributed by atoms with Crippen LogP contribution in [0.3, 0.4) is 0 Å². The summed E-state index contributed by atoms with van der Waals surface area (Å²) in [7, 11) is 0. The summed E-state index contributed by atoms with van der Waals surface area (Å²) >= 11 is 0. The highest BCUT2D eigenvalue weighted by Crippen LogP contribution is 2.31. The van der Waals surface area contributed by atoms with Gasteiger partial charge in [-0.3, -0.25) is 29.3 Å². The van der Waals surface area contributed by atoms with Crippen LogP contribution in [0.15, 0.2) is 128 Å². The lowest BCUT2D eigenvalue weighted by atomic mass is 9.86. The molecule has 0 saturated carbocycles. The van der Waals surface area contributed by atoms with Crippen LogP contribution in [0.5, 0.6) is 0 Å². The van der Waals surface area contributed by atoms with Crippen LogP contribution in [0.4, 0.5) is 17.1 Å². The first-order chi connectivity index (χ1) is 31.0. The normalized spacial score (nSPS) is 11.8. The highest BCUT2D eigenvalue weighted by molar-refractivity contribution is 6.13. The number of rotatable bonds is 9. The number of carbonyl (C=O) groups is 3. The summed E-state index contributed by atoms with van der Waals surface area (Å²) in [5.41, 5.74) is 13.4. The summed E-state index contributed by atoms with van der Waals surface area (Å²) in [6.07, 6.45) is 4.83. The minimum absolute atomic E-state index is 0.0247. The van der Waals surface area contributed by atoms with Gasteiger partial charge in [0.15, 0.2) is 0 Å². The Kier molecular flexibility index (Phi) is 13.0. The second kappa shape index (κ2) is 18.3. The largest absolute Gasteiger partial charge is 0.321 e. The predicted octanol–water partition coefficient (Wildman–Crippen LogP) is 13.4. The topological polar surface area (TPSA) is 126 Å². The molecule has 0 bridgehead atoms. The second-order valence-electron chi connectivity index (χ2n) is 20.3. The monoisotopic (exact) mass is 876 g/mol. The van der Waals surface area contributed by atoms with E-state index in [1.54, 1.807) is 18.6 Å². The number of aryl methyl sites for hydroxylation is 3. The van der Waals surface area contributed by atoms with Crippen LogP contribution < -0.4 is 16.0 Å². The standard InChI is InChI=1S/C57H60N6O3/c1-34-25-46(31-58-49(34)37-13-19-43(20-14-37)55(4,5)6)61-52(64)40-28-41(53(65)62-47-26-35(2)50(59-32-47)38-15-21-44(22-16-38)56(7,8)9)30-42(29-40)54(66)63-48-27-36(3)51(60-33-48)39-17-23-45(24-18-39)57(10,11)12/h13-33H,1-12H3,(H,61,64)(H,62,65)(H,63,66). The third-order valence-electron chi connectivity index (χ3n) is 11.8. The zero-order valence-corrected chi connectivity index (χ0v) is 40.2. The first-order valence-electron chi connectivity index (χ1n) is 22.4. The second-order valence-corrected chi connectivity index (χ2v) is 20.3. The summed E-state index contributed by atoms with van der Waals surface area (Å²) in [6, 6.07) is 35.1. The molecule has 7 rings (SSSR count). The van der Waals surface area contributed by atoms with Crippen LogP contribution >= 0.6 is 0 Å². The summed E-state index contributed by atoms with van der Waals surface area (Å²) in [6.45, 7) is 25.4. The molecule has 0 spiro atoms.